The zero-order chi connectivity index (χ0) is 16.3. The molecule has 4 N–H and O–H groups in total. The van der Waals surface area contributed by atoms with Gasteiger partial charge in [-0.15, -0.1) is 0 Å². The molecule has 0 saturated carbocycles. The Balaban J connectivity index is 2.02. The average Bonchev–Trinajstić information content (AvgIpc) is 2.43. The Labute approximate surface area is 128 Å². The largest absolute Gasteiger partial charge is 0.508 e. The van der Waals surface area contributed by atoms with E-state index in [2.05, 4.69) is 5.32 Å². The van der Waals surface area contributed by atoms with Gasteiger partial charge in [-0.2, -0.15) is 0 Å². The van der Waals surface area contributed by atoms with Crippen LogP contribution in [0.25, 0.3) is 0 Å². The molecule has 0 aromatic heterocycles. The van der Waals surface area contributed by atoms with Crippen LogP contribution >= 0.6 is 0 Å². The van der Waals surface area contributed by atoms with Crippen LogP contribution in [0.15, 0.2) is 42.5 Å². The van der Waals surface area contributed by atoms with Gasteiger partial charge in [0.05, 0.1) is 5.60 Å². The molecule has 0 aliphatic heterocycles. The van der Waals surface area contributed by atoms with Crippen LogP contribution in [0.5, 0.6) is 11.5 Å². The van der Waals surface area contributed by atoms with Crippen molar-refractivity contribution >= 4 is 5.91 Å². The molecule has 0 heterocycles. The van der Waals surface area contributed by atoms with Gasteiger partial charge in [0.1, 0.15) is 11.5 Å². The third-order valence-corrected chi connectivity index (χ3v) is 3.28. The predicted octanol–water partition coefficient (Wildman–Crippen LogP) is 2.26. The smallest absolute Gasteiger partial charge is 0.251 e. The van der Waals surface area contributed by atoms with Gasteiger partial charge < -0.3 is 20.6 Å². The summed E-state index contributed by atoms with van der Waals surface area (Å²) in [4.78, 5) is 12.0. The molecular formula is C17H19NO4. The molecule has 0 aliphatic carbocycles. The Morgan fingerprint density at radius 1 is 1.05 bits per heavy atom. The lowest BCUT2D eigenvalue weighted by molar-refractivity contribution is 0.0785. The second kappa shape index (κ2) is 6.07. The molecule has 2 aromatic rings. The molecular weight excluding hydrogens is 282 g/mol. The standard InChI is InChI=1S/C17H19NO4/c1-17(2,22)13-5-3-11(4-6-13)10-18-16(21)12-7-14(19)9-15(20)8-12/h3-9,19-20,22H,10H2,1-2H3,(H,18,21). The Hall–Kier alpha value is -2.53. The van der Waals surface area contributed by atoms with Crippen LogP contribution < -0.4 is 5.32 Å². The molecule has 2 rings (SSSR count). The number of hydrogen-bond donors (Lipinski definition) is 4. The van der Waals surface area contributed by atoms with Crippen LogP contribution in [0.4, 0.5) is 0 Å². The quantitative estimate of drug-likeness (QED) is 0.697. The van der Waals surface area contributed by atoms with E-state index in [1.165, 1.54) is 12.1 Å². The summed E-state index contributed by atoms with van der Waals surface area (Å²) in [6, 6.07) is 11.0. The zero-order valence-electron chi connectivity index (χ0n) is 12.5. The number of benzene rings is 2. The molecule has 116 valence electrons. The maximum atomic E-state index is 12.0. The lowest BCUT2D eigenvalue weighted by Gasteiger charge is -2.18. The van der Waals surface area contributed by atoms with E-state index < -0.39 is 11.5 Å². The highest BCUT2D eigenvalue weighted by molar-refractivity contribution is 5.95. The van der Waals surface area contributed by atoms with Crippen LogP contribution in [0.2, 0.25) is 0 Å². The van der Waals surface area contributed by atoms with E-state index in [9.17, 15) is 20.1 Å². The fourth-order valence-electron chi connectivity index (χ4n) is 2.04. The van der Waals surface area contributed by atoms with Crippen LogP contribution in [-0.4, -0.2) is 21.2 Å². The molecule has 0 spiro atoms. The molecule has 0 radical (unpaired) electrons. The number of aromatic hydroxyl groups is 2. The Morgan fingerprint density at radius 2 is 1.59 bits per heavy atom. The molecule has 2 aromatic carbocycles. The van der Waals surface area contributed by atoms with E-state index in [0.29, 0.717) is 6.54 Å². The van der Waals surface area contributed by atoms with Gasteiger partial charge in [-0.05, 0) is 37.1 Å². The molecule has 0 bridgehead atoms. The van der Waals surface area contributed by atoms with E-state index in [1.807, 2.05) is 24.3 Å². The Morgan fingerprint density at radius 3 is 2.09 bits per heavy atom. The highest BCUT2D eigenvalue weighted by Crippen LogP contribution is 2.21. The van der Waals surface area contributed by atoms with Gasteiger partial charge in [0, 0.05) is 18.2 Å². The van der Waals surface area contributed by atoms with E-state index in [-0.39, 0.29) is 17.1 Å². The molecule has 0 unspecified atom stereocenters. The summed E-state index contributed by atoms with van der Waals surface area (Å²) in [5.74, 6) is -0.725. The first kappa shape index (κ1) is 15.9. The monoisotopic (exact) mass is 301 g/mol. The first-order valence-electron chi connectivity index (χ1n) is 6.89. The predicted molar refractivity (Wildman–Crippen MR) is 82.6 cm³/mol. The Kier molecular flexibility index (Phi) is 4.37. The highest BCUT2D eigenvalue weighted by Gasteiger charge is 2.15. The van der Waals surface area contributed by atoms with Crippen molar-refractivity contribution < 1.29 is 20.1 Å². The van der Waals surface area contributed by atoms with Gasteiger partial charge in [-0.3, -0.25) is 4.79 Å². The lowest BCUT2D eigenvalue weighted by Crippen LogP contribution is -2.23. The molecule has 0 atom stereocenters. The first-order valence-corrected chi connectivity index (χ1v) is 6.89. The summed E-state index contributed by atoms with van der Waals surface area (Å²) in [5.41, 5.74) is 0.956. The minimum absolute atomic E-state index is 0.167. The van der Waals surface area contributed by atoms with E-state index >= 15 is 0 Å². The first-order chi connectivity index (χ1) is 10.3. The molecule has 5 heteroatoms. The van der Waals surface area contributed by atoms with Crippen molar-refractivity contribution in [3.63, 3.8) is 0 Å². The summed E-state index contributed by atoms with van der Waals surface area (Å²) in [6.45, 7) is 3.72. The van der Waals surface area contributed by atoms with Crippen molar-refractivity contribution in [3.8, 4) is 11.5 Å². The van der Waals surface area contributed by atoms with E-state index in [4.69, 9.17) is 0 Å². The average molecular weight is 301 g/mol. The fourth-order valence-corrected chi connectivity index (χ4v) is 2.04. The molecule has 0 fully saturated rings. The number of carbonyl (C=O) groups is 1. The maximum Gasteiger partial charge on any atom is 0.251 e. The van der Waals surface area contributed by atoms with Gasteiger partial charge in [0.15, 0.2) is 0 Å². The molecule has 0 saturated heterocycles. The van der Waals surface area contributed by atoms with E-state index in [0.717, 1.165) is 17.2 Å². The van der Waals surface area contributed by atoms with Crippen LogP contribution in [0.1, 0.15) is 35.3 Å². The van der Waals surface area contributed by atoms with Gasteiger partial charge in [-0.25, -0.2) is 0 Å². The van der Waals surface area contributed by atoms with Gasteiger partial charge in [-0.1, -0.05) is 24.3 Å². The third kappa shape index (κ3) is 3.99. The van der Waals surface area contributed by atoms with Crippen molar-refractivity contribution in [2.24, 2.45) is 0 Å². The van der Waals surface area contributed by atoms with Crippen molar-refractivity contribution in [2.45, 2.75) is 26.0 Å². The number of amides is 1. The van der Waals surface area contributed by atoms with Gasteiger partial charge >= 0.3 is 0 Å². The second-order valence-corrected chi connectivity index (χ2v) is 5.68. The maximum absolute atomic E-state index is 12.0. The van der Waals surface area contributed by atoms with E-state index in [1.54, 1.807) is 13.8 Å². The lowest BCUT2D eigenvalue weighted by atomic mass is 9.97. The zero-order valence-corrected chi connectivity index (χ0v) is 12.5. The fraction of sp³-hybridized carbons (Fsp3) is 0.235. The highest BCUT2D eigenvalue weighted by atomic mass is 16.3. The normalized spacial score (nSPS) is 11.2. The third-order valence-electron chi connectivity index (χ3n) is 3.28. The number of carbonyl (C=O) groups excluding carboxylic acids is 1. The summed E-state index contributed by atoms with van der Waals surface area (Å²) in [6.07, 6.45) is 0. The summed E-state index contributed by atoms with van der Waals surface area (Å²) in [5, 5.41) is 31.3. The van der Waals surface area contributed by atoms with Crippen molar-refractivity contribution in [1.82, 2.24) is 5.32 Å². The van der Waals surface area contributed by atoms with Gasteiger partial charge in [0.2, 0.25) is 0 Å². The topological polar surface area (TPSA) is 89.8 Å². The molecule has 5 nitrogen and oxygen atoms in total. The molecule has 0 aliphatic rings. The van der Waals surface area contributed by atoms with Crippen LogP contribution in [-0.2, 0) is 12.1 Å². The second-order valence-electron chi connectivity index (χ2n) is 5.68. The minimum atomic E-state index is -0.902. The van der Waals surface area contributed by atoms with Crippen molar-refractivity contribution in [2.75, 3.05) is 0 Å². The SMILES string of the molecule is CC(C)(O)c1ccc(CNC(=O)c2cc(O)cc(O)c2)cc1. The molecule has 1 amide bonds. The number of rotatable bonds is 4. The van der Waals surface area contributed by atoms with Crippen LogP contribution in [0, 0.1) is 0 Å². The number of phenolic OH excluding ortho intramolecular Hbond substituents is 2. The number of aliphatic hydroxyl groups is 1. The molecule has 22 heavy (non-hydrogen) atoms. The number of hydrogen-bond acceptors (Lipinski definition) is 4. The van der Waals surface area contributed by atoms with Crippen molar-refractivity contribution in [1.29, 1.82) is 0 Å². The summed E-state index contributed by atoms with van der Waals surface area (Å²) >= 11 is 0. The summed E-state index contributed by atoms with van der Waals surface area (Å²) < 4.78 is 0. The minimum Gasteiger partial charge on any atom is -0.508 e. The number of nitrogens with one attached hydrogen (secondary N) is 1. The summed E-state index contributed by atoms with van der Waals surface area (Å²) in [7, 11) is 0. The van der Waals surface area contributed by atoms with Crippen LogP contribution in [0.3, 0.4) is 0 Å². The number of phenols is 2. The van der Waals surface area contributed by atoms with Crippen molar-refractivity contribution in [3.05, 3.63) is 59.2 Å². The van der Waals surface area contributed by atoms with Gasteiger partial charge in [0.25, 0.3) is 5.91 Å². The Bertz CT molecular complexity index is 652.